The molecule has 2 amide bonds. The van der Waals surface area contributed by atoms with Crippen molar-refractivity contribution in [1.82, 2.24) is 0 Å². The van der Waals surface area contributed by atoms with Crippen molar-refractivity contribution in [2.75, 3.05) is 4.90 Å². The van der Waals surface area contributed by atoms with E-state index < -0.39 is 10.0 Å². The molecule has 1 saturated heterocycles. The van der Waals surface area contributed by atoms with Crippen LogP contribution in [0.1, 0.15) is 13.3 Å². The highest BCUT2D eigenvalue weighted by Gasteiger charge is 2.37. The number of primary sulfonamides is 1. The average molecular weight is 347 g/mol. The number of nitrogens with two attached hydrogens (primary N) is 1. The number of carbonyl (C=O) groups excluding carboxylic acids is 2. The number of amides is 2. The zero-order chi connectivity index (χ0) is 14.4. The van der Waals surface area contributed by atoms with Gasteiger partial charge in [-0.15, -0.1) is 0 Å². The first-order chi connectivity index (χ1) is 8.71. The number of nitrogens with zero attached hydrogens (tertiary/aromatic N) is 1. The number of hydrogen-bond acceptors (Lipinski definition) is 4. The van der Waals surface area contributed by atoms with Gasteiger partial charge in [-0.2, -0.15) is 0 Å². The lowest BCUT2D eigenvalue weighted by molar-refractivity contribution is -0.122. The normalized spacial score (nSPS) is 20.2. The van der Waals surface area contributed by atoms with E-state index in [0.717, 1.165) is 4.90 Å². The van der Waals surface area contributed by atoms with Crippen LogP contribution in [0.2, 0.25) is 0 Å². The number of anilines is 1. The van der Waals surface area contributed by atoms with E-state index in [9.17, 15) is 18.0 Å². The maximum absolute atomic E-state index is 11.9. The van der Waals surface area contributed by atoms with E-state index in [0.29, 0.717) is 10.2 Å². The third-order valence-corrected chi connectivity index (χ3v) is 4.41. The summed E-state index contributed by atoms with van der Waals surface area (Å²) in [6.45, 7) is 1.67. The van der Waals surface area contributed by atoms with E-state index in [-0.39, 0.29) is 29.0 Å². The molecule has 1 aliphatic heterocycles. The van der Waals surface area contributed by atoms with Crippen LogP contribution in [-0.2, 0) is 19.6 Å². The van der Waals surface area contributed by atoms with E-state index >= 15 is 0 Å². The second-order valence-corrected chi connectivity index (χ2v) is 6.75. The summed E-state index contributed by atoms with van der Waals surface area (Å²) in [6, 6.07) is 3.92. The first kappa shape index (κ1) is 14.2. The number of halogens is 1. The fourth-order valence-electron chi connectivity index (χ4n) is 1.88. The Morgan fingerprint density at radius 2 is 2.00 bits per heavy atom. The molecule has 8 heteroatoms. The summed E-state index contributed by atoms with van der Waals surface area (Å²) in [4.78, 5) is 24.6. The second-order valence-electron chi connectivity index (χ2n) is 4.33. The highest BCUT2D eigenvalue weighted by molar-refractivity contribution is 9.10. The van der Waals surface area contributed by atoms with Gasteiger partial charge in [0.25, 0.3) is 0 Å². The van der Waals surface area contributed by atoms with Crippen molar-refractivity contribution in [2.45, 2.75) is 18.2 Å². The largest absolute Gasteiger partial charge is 0.274 e. The summed E-state index contributed by atoms with van der Waals surface area (Å²) in [5.74, 6) is -0.965. The third kappa shape index (κ3) is 2.56. The van der Waals surface area contributed by atoms with Gasteiger partial charge in [0, 0.05) is 16.8 Å². The van der Waals surface area contributed by atoms with Gasteiger partial charge in [-0.05, 0) is 34.1 Å². The fourth-order valence-corrected chi connectivity index (χ4v) is 3.13. The molecule has 1 aromatic rings. The zero-order valence-corrected chi connectivity index (χ0v) is 12.4. The predicted molar refractivity (Wildman–Crippen MR) is 71.8 cm³/mol. The fraction of sp³-hybridized carbons (Fsp3) is 0.273. The molecule has 2 rings (SSSR count). The lowest BCUT2D eigenvalue weighted by atomic mass is 10.1. The van der Waals surface area contributed by atoms with Crippen molar-refractivity contribution in [3.63, 3.8) is 0 Å². The molecule has 1 unspecified atom stereocenters. The van der Waals surface area contributed by atoms with Gasteiger partial charge >= 0.3 is 0 Å². The van der Waals surface area contributed by atoms with E-state index in [1.54, 1.807) is 6.92 Å². The summed E-state index contributed by atoms with van der Waals surface area (Å²) in [5.41, 5.74) is 0.326. The van der Waals surface area contributed by atoms with E-state index in [2.05, 4.69) is 15.9 Å². The van der Waals surface area contributed by atoms with Crippen LogP contribution in [-0.4, -0.2) is 20.2 Å². The van der Waals surface area contributed by atoms with Gasteiger partial charge in [0.2, 0.25) is 21.8 Å². The number of sulfonamides is 1. The highest BCUT2D eigenvalue weighted by atomic mass is 79.9. The molecule has 0 bridgehead atoms. The quantitative estimate of drug-likeness (QED) is 0.807. The summed E-state index contributed by atoms with van der Waals surface area (Å²) in [6.07, 6.45) is 0.155. The molecule has 0 aromatic heterocycles. The van der Waals surface area contributed by atoms with Crippen molar-refractivity contribution in [1.29, 1.82) is 0 Å². The van der Waals surface area contributed by atoms with Gasteiger partial charge in [-0.3, -0.25) is 9.59 Å². The first-order valence-corrected chi connectivity index (χ1v) is 7.75. The number of benzene rings is 1. The molecule has 1 fully saturated rings. The van der Waals surface area contributed by atoms with Gasteiger partial charge in [-0.1, -0.05) is 6.92 Å². The van der Waals surface area contributed by atoms with E-state index in [4.69, 9.17) is 5.14 Å². The van der Waals surface area contributed by atoms with Crippen LogP contribution in [0.4, 0.5) is 5.69 Å². The number of imide groups is 1. The van der Waals surface area contributed by atoms with Crippen molar-refractivity contribution in [2.24, 2.45) is 11.1 Å². The molecule has 0 radical (unpaired) electrons. The molecule has 2 N–H and O–H groups in total. The lowest BCUT2D eigenvalue weighted by Gasteiger charge is -2.16. The second kappa shape index (κ2) is 4.69. The Labute approximate surface area is 118 Å². The minimum absolute atomic E-state index is 0.0877. The maximum atomic E-state index is 11.9. The summed E-state index contributed by atoms with van der Waals surface area (Å²) < 4.78 is 22.7. The summed E-state index contributed by atoms with van der Waals surface area (Å²) in [5, 5.41) is 5.01. The standard InChI is InChI=1S/C11H11BrN2O4S/c1-6-4-10(15)14(11(6)16)9-3-2-7(5-8(9)12)19(13,17)18/h2-3,5-6H,4H2,1H3,(H2,13,17,18). The van der Waals surface area contributed by atoms with Crippen LogP contribution in [0, 0.1) is 5.92 Å². The Balaban J connectivity index is 2.48. The predicted octanol–water partition coefficient (Wildman–Crippen LogP) is 0.996. The van der Waals surface area contributed by atoms with Gasteiger partial charge in [0.05, 0.1) is 10.6 Å². The zero-order valence-electron chi connectivity index (χ0n) is 9.96. The van der Waals surface area contributed by atoms with Crippen LogP contribution in [0.3, 0.4) is 0 Å². The smallest absolute Gasteiger partial charge is 0.238 e. The Hall–Kier alpha value is -1.25. The number of hydrogen-bond donors (Lipinski definition) is 1. The molecule has 6 nitrogen and oxygen atoms in total. The molecule has 102 valence electrons. The molecule has 1 heterocycles. The van der Waals surface area contributed by atoms with Crippen molar-refractivity contribution >= 4 is 43.5 Å². The van der Waals surface area contributed by atoms with Crippen molar-refractivity contribution < 1.29 is 18.0 Å². The maximum Gasteiger partial charge on any atom is 0.238 e. The molecule has 0 aliphatic carbocycles. The molecule has 1 aliphatic rings. The Morgan fingerprint density at radius 3 is 2.42 bits per heavy atom. The van der Waals surface area contributed by atoms with Gasteiger partial charge in [0.15, 0.2) is 0 Å². The third-order valence-electron chi connectivity index (χ3n) is 2.86. The van der Waals surface area contributed by atoms with Crippen molar-refractivity contribution in [3.8, 4) is 0 Å². The SMILES string of the molecule is CC1CC(=O)N(c2ccc(S(N)(=O)=O)cc2Br)C1=O. The molecule has 0 saturated carbocycles. The minimum Gasteiger partial charge on any atom is -0.274 e. The van der Waals surface area contributed by atoms with E-state index in [1.807, 2.05) is 0 Å². The van der Waals surface area contributed by atoms with Gasteiger partial charge in [0.1, 0.15) is 0 Å². The number of rotatable bonds is 2. The van der Waals surface area contributed by atoms with E-state index in [1.165, 1.54) is 18.2 Å². The highest BCUT2D eigenvalue weighted by Crippen LogP contribution is 2.33. The molecular formula is C11H11BrN2O4S. The summed E-state index contributed by atoms with van der Waals surface area (Å²) in [7, 11) is -3.82. The monoisotopic (exact) mass is 346 g/mol. The molecule has 1 aromatic carbocycles. The van der Waals surface area contributed by atoms with Crippen LogP contribution >= 0.6 is 15.9 Å². The van der Waals surface area contributed by atoms with Crippen LogP contribution in [0.15, 0.2) is 27.6 Å². The molecule has 0 spiro atoms. The Morgan fingerprint density at radius 1 is 1.37 bits per heavy atom. The van der Waals surface area contributed by atoms with Crippen LogP contribution < -0.4 is 10.0 Å². The first-order valence-electron chi connectivity index (χ1n) is 5.41. The average Bonchev–Trinajstić information content (AvgIpc) is 2.53. The Bertz CT molecular complexity index is 671. The van der Waals surface area contributed by atoms with Crippen LogP contribution in [0.25, 0.3) is 0 Å². The Kier molecular flexibility index (Phi) is 3.50. The topological polar surface area (TPSA) is 97.5 Å². The lowest BCUT2D eigenvalue weighted by Crippen LogP contribution is -2.30. The minimum atomic E-state index is -3.82. The number of carbonyl (C=O) groups is 2. The molecule has 19 heavy (non-hydrogen) atoms. The van der Waals surface area contributed by atoms with Gasteiger partial charge < -0.3 is 0 Å². The van der Waals surface area contributed by atoms with Crippen LogP contribution in [0.5, 0.6) is 0 Å². The molecule has 1 atom stereocenters. The van der Waals surface area contributed by atoms with Crippen molar-refractivity contribution in [3.05, 3.63) is 22.7 Å². The van der Waals surface area contributed by atoms with Gasteiger partial charge in [-0.25, -0.2) is 18.5 Å². The molecular weight excluding hydrogens is 336 g/mol. The summed E-state index contributed by atoms with van der Waals surface area (Å²) >= 11 is 3.16.